The van der Waals surface area contributed by atoms with Crippen LogP contribution in [0.1, 0.15) is 13.8 Å². The van der Waals surface area contributed by atoms with E-state index in [4.69, 9.17) is 16.9 Å². The summed E-state index contributed by atoms with van der Waals surface area (Å²) in [7, 11) is 0. The van der Waals surface area contributed by atoms with E-state index in [1.165, 1.54) is 0 Å². The Morgan fingerprint density at radius 2 is 1.89 bits per heavy atom. The molecule has 2 rings (SSSR count). The van der Waals surface area contributed by atoms with Crippen molar-refractivity contribution in [3.8, 4) is 29.6 Å². The topological polar surface area (TPSA) is 61.0 Å². The van der Waals surface area contributed by atoms with E-state index in [9.17, 15) is 0 Å². The summed E-state index contributed by atoms with van der Waals surface area (Å²) in [5, 5.41) is 0. The van der Waals surface area contributed by atoms with E-state index >= 15 is 0 Å². The van der Waals surface area contributed by atoms with Gasteiger partial charge in [0.05, 0.1) is 0 Å². The molecule has 96 valence electrons. The summed E-state index contributed by atoms with van der Waals surface area (Å²) in [5.41, 5.74) is 5.91. The molecule has 19 heavy (non-hydrogen) atoms. The van der Waals surface area contributed by atoms with Crippen molar-refractivity contribution in [1.82, 2.24) is 9.97 Å². The fraction of sp³-hybridized carbons (Fsp3) is 0.200. The Morgan fingerprint density at radius 1 is 1.21 bits per heavy atom. The number of nitrogens with zero attached hydrogens (tertiary/aromatic N) is 2. The molecule has 0 amide bonds. The average molecular weight is 253 g/mol. The molecule has 4 heteroatoms. The van der Waals surface area contributed by atoms with Crippen LogP contribution < -0.4 is 10.5 Å². The first-order valence-corrected chi connectivity index (χ1v) is 5.87. The molecule has 0 bridgehead atoms. The molecule has 4 nitrogen and oxygen atoms in total. The van der Waals surface area contributed by atoms with Gasteiger partial charge < -0.3 is 10.5 Å². The van der Waals surface area contributed by atoms with Gasteiger partial charge in [0.2, 0.25) is 5.88 Å². The largest absolute Gasteiger partial charge is 0.458 e. The van der Waals surface area contributed by atoms with E-state index in [0.29, 0.717) is 17.5 Å². The fourth-order valence-corrected chi connectivity index (χ4v) is 1.50. The lowest BCUT2D eigenvalue weighted by Gasteiger charge is -2.19. The zero-order valence-corrected chi connectivity index (χ0v) is 10.9. The van der Waals surface area contributed by atoms with Gasteiger partial charge in [-0.15, -0.1) is 6.42 Å². The lowest BCUT2D eigenvalue weighted by molar-refractivity contribution is 0.165. The summed E-state index contributed by atoms with van der Waals surface area (Å²) in [4.78, 5) is 8.52. The highest BCUT2D eigenvalue weighted by Crippen LogP contribution is 2.22. The monoisotopic (exact) mass is 253 g/mol. The number of nitrogens with two attached hydrogens (primary N) is 1. The van der Waals surface area contributed by atoms with Gasteiger partial charge >= 0.3 is 0 Å². The number of hydrogen-bond donors (Lipinski definition) is 1. The average Bonchev–Trinajstić information content (AvgIpc) is 2.38. The molecule has 0 aliphatic heterocycles. The molecule has 1 heterocycles. The first kappa shape index (κ1) is 12.9. The predicted molar refractivity (Wildman–Crippen MR) is 75.4 cm³/mol. The quantitative estimate of drug-likeness (QED) is 0.854. The number of anilines is 1. The first-order valence-electron chi connectivity index (χ1n) is 5.87. The number of rotatable bonds is 3. The molecule has 0 fully saturated rings. The van der Waals surface area contributed by atoms with Crippen LogP contribution in [-0.2, 0) is 0 Å². The van der Waals surface area contributed by atoms with Crippen LogP contribution in [0, 0.1) is 12.3 Å². The van der Waals surface area contributed by atoms with Gasteiger partial charge in [0.15, 0.2) is 11.4 Å². The van der Waals surface area contributed by atoms with E-state index in [1.54, 1.807) is 19.9 Å². The summed E-state index contributed by atoms with van der Waals surface area (Å²) >= 11 is 0. The van der Waals surface area contributed by atoms with Crippen molar-refractivity contribution >= 4 is 5.82 Å². The lowest BCUT2D eigenvalue weighted by atomic mass is 10.1. The Labute approximate surface area is 112 Å². The Hall–Kier alpha value is -2.54. The van der Waals surface area contributed by atoms with Crippen LogP contribution >= 0.6 is 0 Å². The van der Waals surface area contributed by atoms with E-state index in [-0.39, 0.29) is 0 Å². The first-order chi connectivity index (χ1) is 9.00. The molecule has 1 aromatic carbocycles. The van der Waals surface area contributed by atoms with Crippen LogP contribution in [0.3, 0.4) is 0 Å². The van der Waals surface area contributed by atoms with Gasteiger partial charge in [0.1, 0.15) is 5.82 Å². The third-order valence-electron chi connectivity index (χ3n) is 2.46. The number of ether oxygens (including phenoxy) is 1. The second kappa shape index (κ2) is 4.99. The molecule has 0 aliphatic carbocycles. The van der Waals surface area contributed by atoms with Crippen LogP contribution in [0.4, 0.5) is 5.82 Å². The molecule has 0 spiro atoms. The van der Waals surface area contributed by atoms with Crippen molar-refractivity contribution in [2.45, 2.75) is 19.4 Å². The number of hydrogen-bond acceptors (Lipinski definition) is 4. The molecule has 2 N–H and O–H groups in total. The molecule has 0 radical (unpaired) electrons. The van der Waals surface area contributed by atoms with Crippen molar-refractivity contribution in [2.24, 2.45) is 0 Å². The van der Waals surface area contributed by atoms with E-state index in [1.807, 2.05) is 30.3 Å². The molecule has 0 aliphatic rings. The van der Waals surface area contributed by atoms with Gasteiger partial charge in [-0.1, -0.05) is 36.3 Å². The summed E-state index contributed by atoms with van der Waals surface area (Å²) < 4.78 is 5.63. The zero-order valence-electron chi connectivity index (χ0n) is 10.9. The molecule has 2 aromatic rings. The summed E-state index contributed by atoms with van der Waals surface area (Å²) in [6.45, 7) is 3.57. The summed E-state index contributed by atoms with van der Waals surface area (Å²) in [5.74, 6) is 3.78. The SMILES string of the molecule is C#CC(C)(C)Oc1cc(N)nc(-c2ccccc2)n1. The number of benzene rings is 1. The van der Waals surface area contributed by atoms with Crippen LogP contribution in [-0.4, -0.2) is 15.6 Å². The van der Waals surface area contributed by atoms with Crippen LogP contribution in [0.5, 0.6) is 5.88 Å². The van der Waals surface area contributed by atoms with Gasteiger partial charge in [-0.3, -0.25) is 0 Å². The van der Waals surface area contributed by atoms with Crippen molar-refractivity contribution in [1.29, 1.82) is 0 Å². The number of nitrogen functional groups attached to an aromatic ring is 1. The third-order valence-corrected chi connectivity index (χ3v) is 2.46. The van der Waals surface area contributed by atoms with Crippen LogP contribution in [0.2, 0.25) is 0 Å². The highest BCUT2D eigenvalue weighted by molar-refractivity contribution is 5.57. The molecule has 1 aromatic heterocycles. The van der Waals surface area contributed by atoms with Crippen molar-refractivity contribution in [3.63, 3.8) is 0 Å². The van der Waals surface area contributed by atoms with Crippen molar-refractivity contribution in [2.75, 3.05) is 5.73 Å². The molecule has 0 saturated carbocycles. The molecular formula is C15H15N3O. The summed E-state index contributed by atoms with van der Waals surface area (Å²) in [6.07, 6.45) is 5.39. The van der Waals surface area contributed by atoms with Gasteiger partial charge in [-0.05, 0) is 13.8 Å². The molecule has 0 saturated heterocycles. The third kappa shape index (κ3) is 3.23. The number of terminal acetylenes is 1. The maximum atomic E-state index is 5.77. The maximum absolute atomic E-state index is 5.77. The van der Waals surface area contributed by atoms with E-state index < -0.39 is 5.60 Å². The fourth-order valence-electron chi connectivity index (χ4n) is 1.50. The summed E-state index contributed by atoms with van der Waals surface area (Å²) in [6, 6.07) is 11.1. The van der Waals surface area contributed by atoms with Gasteiger partial charge in [-0.2, -0.15) is 4.98 Å². The predicted octanol–water partition coefficient (Wildman–Crippen LogP) is 2.52. The number of aromatic nitrogens is 2. The van der Waals surface area contributed by atoms with Crippen LogP contribution in [0.25, 0.3) is 11.4 Å². The highest BCUT2D eigenvalue weighted by atomic mass is 16.5. The van der Waals surface area contributed by atoms with Crippen LogP contribution in [0.15, 0.2) is 36.4 Å². The molecule has 0 unspecified atom stereocenters. The van der Waals surface area contributed by atoms with Gasteiger partial charge in [0.25, 0.3) is 0 Å². The smallest absolute Gasteiger partial charge is 0.220 e. The minimum Gasteiger partial charge on any atom is -0.458 e. The Kier molecular flexibility index (Phi) is 3.39. The minimum absolute atomic E-state index is 0.344. The van der Waals surface area contributed by atoms with Gasteiger partial charge in [-0.25, -0.2) is 4.98 Å². The highest BCUT2D eigenvalue weighted by Gasteiger charge is 2.17. The zero-order chi connectivity index (χ0) is 13.9. The maximum Gasteiger partial charge on any atom is 0.220 e. The minimum atomic E-state index is -0.741. The Balaban J connectivity index is 2.39. The second-order valence-corrected chi connectivity index (χ2v) is 4.58. The lowest BCUT2D eigenvalue weighted by Crippen LogP contribution is -2.26. The second-order valence-electron chi connectivity index (χ2n) is 4.58. The Morgan fingerprint density at radius 3 is 2.53 bits per heavy atom. The molecular weight excluding hydrogens is 238 g/mol. The van der Waals surface area contributed by atoms with E-state index in [0.717, 1.165) is 5.56 Å². The molecule has 0 atom stereocenters. The normalized spacial score (nSPS) is 10.8. The van der Waals surface area contributed by atoms with Gasteiger partial charge in [0, 0.05) is 11.6 Å². The van der Waals surface area contributed by atoms with E-state index in [2.05, 4.69) is 15.9 Å². The standard InChI is InChI=1S/C15H15N3O/c1-4-15(2,3)19-13-10-12(16)17-14(18-13)11-8-6-5-7-9-11/h1,5-10H,2-3H3,(H2,16,17,18). The Bertz CT molecular complexity index is 615. The van der Waals surface area contributed by atoms with Crippen molar-refractivity contribution < 1.29 is 4.74 Å². The van der Waals surface area contributed by atoms with Crippen molar-refractivity contribution in [3.05, 3.63) is 36.4 Å².